The van der Waals surface area contributed by atoms with Crippen LogP contribution < -0.4 is 15.8 Å². The smallest absolute Gasteiger partial charge is 0.416 e. The second-order valence-electron chi connectivity index (χ2n) is 11.4. The number of rotatable bonds is 4. The number of carbonyl (C=O) groups excluding carboxylic acids is 1. The highest BCUT2D eigenvalue weighted by Crippen LogP contribution is 2.38. The molecule has 40 heavy (non-hydrogen) atoms. The Morgan fingerprint density at radius 1 is 1.12 bits per heavy atom. The third kappa shape index (κ3) is 3.79. The largest absolute Gasteiger partial charge is 0.440 e. The molecule has 3 saturated heterocycles. The van der Waals surface area contributed by atoms with Gasteiger partial charge < -0.3 is 19.4 Å². The number of aromatic nitrogens is 5. The van der Waals surface area contributed by atoms with Gasteiger partial charge in [0.25, 0.3) is 5.71 Å². The van der Waals surface area contributed by atoms with E-state index in [-0.39, 0.29) is 17.6 Å². The van der Waals surface area contributed by atoms with E-state index in [9.17, 15) is 9.59 Å². The molecule has 0 radical (unpaired) electrons. The van der Waals surface area contributed by atoms with Crippen LogP contribution >= 0.6 is 0 Å². The van der Waals surface area contributed by atoms with Crippen LogP contribution in [0.5, 0.6) is 0 Å². The predicted molar refractivity (Wildman–Crippen MR) is 141 cm³/mol. The number of fused-ring (bicyclic) bond motifs is 3. The van der Waals surface area contributed by atoms with E-state index in [0.717, 1.165) is 56.5 Å². The Morgan fingerprint density at radius 3 is 2.77 bits per heavy atom. The first-order valence-electron chi connectivity index (χ1n) is 13.7. The fraction of sp³-hybridized carbons (Fsp3) is 0.481. The van der Waals surface area contributed by atoms with E-state index in [2.05, 4.69) is 30.5 Å². The van der Waals surface area contributed by atoms with Crippen LogP contribution in [0.2, 0.25) is 0 Å². The summed E-state index contributed by atoms with van der Waals surface area (Å²) < 4.78 is 28.4. The molecule has 1 N–H and O–H groups in total. The summed E-state index contributed by atoms with van der Waals surface area (Å²) in [6.07, 6.45) is 3.57. The third-order valence-corrected chi connectivity index (χ3v) is 8.86. The average Bonchev–Trinajstić information content (AvgIpc) is 3.60. The van der Waals surface area contributed by atoms with Crippen molar-refractivity contribution in [1.82, 2.24) is 35.2 Å². The summed E-state index contributed by atoms with van der Waals surface area (Å²) in [5, 5.41) is 11.7. The molecule has 8 rings (SSSR count). The summed E-state index contributed by atoms with van der Waals surface area (Å²) in [5.74, 6) is 0.529. The molecular weight excluding hydrogens is 519 g/mol. The maximum atomic E-state index is 15.6. The SMILES string of the molecule is O=C1OC2(CCN(CC3Cc4cc5nnn(C6CNC6)c5c(F)c4C3)CC2)CN1c1ccc2ncc(=O)oc2n1. The predicted octanol–water partition coefficient (Wildman–Crippen LogP) is 1.82. The van der Waals surface area contributed by atoms with Crippen molar-refractivity contribution in [2.75, 3.05) is 44.2 Å². The number of carbonyl (C=O) groups is 1. The fourth-order valence-corrected chi connectivity index (χ4v) is 6.62. The summed E-state index contributed by atoms with van der Waals surface area (Å²) in [6, 6.07) is 5.53. The molecule has 0 bridgehead atoms. The number of nitrogens with one attached hydrogen (secondary N) is 1. The van der Waals surface area contributed by atoms with Gasteiger partial charge in [-0.05, 0) is 48.1 Å². The van der Waals surface area contributed by atoms with E-state index in [1.807, 2.05) is 6.07 Å². The van der Waals surface area contributed by atoms with E-state index < -0.39 is 17.3 Å². The lowest BCUT2D eigenvalue weighted by atomic mass is 9.90. The molecule has 3 aliphatic heterocycles. The van der Waals surface area contributed by atoms with Crippen molar-refractivity contribution in [3.63, 3.8) is 0 Å². The number of hydrogen-bond donors (Lipinski definition) is 1. The molecule has 4 aromatic rings. The van der Waals surface area contributed by atoms with E-state index >= 15 is 4.39 Å². The number of likely N-dealkylation sites (tertiary alicyclic amines) is 1. The zero-order valence-corrected chi connectivity index (χ0v) is 21.7. The van der Waals surface area contributed by atoms with Gasteiger partial charge in [0.2, 0.25) is 0 Å². The Bertz CT molecular complexity index is 1730. The van der Waals surface area contributed by atoms with Crippen LogP contribution in [-0.2, 0) is 17.6 Å². The molecule has 1 amide bonds. The Balaban J connectivity index is 0.929. The molecule has 13 heteroatoms. The average molecular weight is 547 g/mol. The zero-order valence-electron chi connectivity index (χ0n) is 21.7. The monoisotopic (exact) mass is 546 g/mol. The summed E-state index contributed by atoms with van der Waals surface area (Å²) in [4.78, 5) is 36.6. The minimum atomic E-state index is -0.596. The van der Waals surface area contributed by atoms with Crippen molar-refractivity contribution in [1.29, 1.82) is 0 Å². The maximum absolute atomic E-state index is 15.6. The minimum absolute atomic E-state index is 0.0867. The summed E-state index contributed by atoms with van der Waals surface area (Å²) in [7, 11) is 0. The first-order chi connectivity index (χ1) is 19.4. The highest BCUT2D eigenvalue weighted by atomic mass is 19.1. The van der Waals surface area contributed by atoms with Crippen molar-refractivity contribution in [3.8, 4) is 0 Å². The van der Waals surface area contributed by atoms with Crippen molar-refractivity contribution >= 4 is 34.2 Å². The first kappa shape index (κ1) is 23.9. The molecule has 1 aromatic carbocycles. The van der Waals surface area contributed by atoms with Gasteiger partial charge in [-0.15, -0.1) is 5.10 Å². The lowest BCUT2D eigenvalue weighted by Crippen LogP contribution is -2.48. The molecule has 0 saturated carbocycles. The Labute approximate surface area is 227 Å². The standard InChI is InChI=1S/C27H27FN8O4/c28-23-18-8-15(7-16(18)9-20-24(23)36(33-32-20)17-10-29-11-17)13-34-5-3-27(4-6-34)14-35(26(38)40-27)21-2-1-19-25(31-21)39-22(37)12-30-19/h1-2,9,12,15,17,29H,3-8,10-11,13-14H2. The highest BCUT2D eigenvalue weighted by Gasteiger charge is 2.48. The molecule has 6 heterocycles. The van der Waals surface area contributed by atoms with Crippen LogP contribution in [0, 0.1) is 11.7 Å². The van der Waals surface area contributed by atoms with Crippen molar-refractivity contribution in [3.05, 3.63) is 51.8 Å². The lowest BCUT2D eigenvalue weighted by molar-refractivity contribution is -0.00211. The van der Waals surface area contributed by atoms with Gasteiger partial charge in [-0.2, -0.15) is 4.98 Å². The fourth-order valence-electron chi connectivity index (χ4n) is 6.62. The van der Waals surface area contributed by atoms with Gasteiger partial charge in [0.15, 0.2) is 5.82 Å². The zero-order chi connectivity index (χ0) is 27.0. The molecule has 12 nitrogen and oxygen atoms in total. The molecule has 1 unspecified atom stereocenters. The minimum Gasteiger partial charge on any atom is -0.440 e. The van der Waals surface area contributed by atoms with Crippen LogP contribution in [-0.4, -0.2) is 80.8 Å². The number of piperidine rings is 1. The van der Waals surface area contributed by atoms with Crippen LogP contribution in [0.25, 0.3) is 22.3 Å². The molecule has 4 aliphatic rings. The van der Waals surface area contributed by atoms with Crippen LogP contribution in [0.4, 0.5) is 15.0 Å². The summed E-state index contributed by atoms with van der Waals surface area (Å²) >= 11 is 0. The second kappa shape index (κ2) is 8.77. The van der Waals surface area contributed by atoms with Gasteiger partial charge in [-0.1, -0.05) is 5.21 Å². The number of amides is 1. The van der Waals surface area contributed by atoms with E-state index in [1.54, 1.807) is 16.8 Å². The molecule has 1 atom stereocenters. The first-order valence-corrected chi connectivity index (χ1v) is 13.7. The van der Waals surface area contributed by atoms with Gasteiger partial charge in [0.05, 0.1) is 12.6 Å². The maximum Gasteiger partial charge on any atom is 0.416 e. The number of nitrogens with zero attached hydrogens (tertiary/aromatic N) is 7. The van der Waals surface area contributed by atoms with Crippen LogP contribution in [0.3, 0.4) is 0 Å². The van der Waals surface area contributed by atoms with Crippen molar-refractivity contribution in [2.24, 2.45) is 5.92 Å². The van der Waals surface area contributed by atoms with E-state index in [4.69, 9.17) is 9.15 Å². The van der Waals surface area contributed by atoms with E-state index in [0.29, 0.717) is 54.1 Å². The summed E-state index contributed by atoms with van der Waals surface area (Å²) in [5.41, 5.74) is 2.34. The lowest BCUT2D eigenvalue weighted by Gasteiger charge is -2.38. The second-order valence-corrected chi connectivity index (χ2v) is 11.4. The van der Waals surface area contributed by atoms with Crippen molar-refractivity contribution < 1.29 is 18.3 Å². The number of hydrogen-bond acceptors (Lipinski definition) is 10. The highest BCUT2D eigenvalue weighted by molar-refractivity contribution is 5.90. The number of halogens is 1. The quantitative estimate of drug-likeness (QED) is 0.404. The molecular formula is C27H27FN8O4. The van der Waals surface area contributed by atoms with Crippen LogP contribution in [0.1, 0.15) is 30.0 Å². The molecule has 3 aromatic heterocycles. The normalized spacial score (nSPS) is 22.8. The number of anilines is 1. The van der Waals surface area contributed by atoms with Gasteiger partial charge in [-0.25, -0.2) is 23.6 Å². The van der Waals surface area contributed by atoms with E-state index in [1.165, 1.54) is 4.90 Å². The van der Waals surface area contributed by atoms with Gasteiger partial charge >= 0.3 is 11.7 Å². The van der Waals surface area contributed by atoms with Gasteiger partial charge in [0, 0.05) is 45.6 Å². The summed E-state index contributed by atoms with van der Waals surface area (Å²) in [6.45, 7) is 4.39. The molecule has 206 valence electrons. The number of benzene rings is 1. The molecule has 1 spiro atoms. The third-order valence-electron chi connectivity index (χ3n) is 8.86. The Hall–Kier alpha value is -3.97. The Kier molecular flexibility index (Phi) is 5.23. The van der Waals surface area contributed by atoms with Crippen LogP contribution in [0.15, 0.2) is 33.6 Å². The van der Waals surface area contributed by atoms with Gasteiger partial charge in [0.1, 0.15) is 34.2 Å². The Morgan fingerprint density at radius 2 is 1.98 bits per heavy atom. The van der Waals surface area contributed by atoms with Crippen molar-refractivity contribution in [2.45, 2.75) is 37.3 Å². The number of ether oxygens (including phenoxy) is 1. The topological polar surface area (TPSA) is 132 Å². The number of pyridine rings is 1. The molecule has 3 fully saturated rings. The van der Waals surface area contributed by atoms with Gasteiger partial charge in [-0.3, -0.25) is 4.90 Å². The molecule has 1 aliphatic carbocycles.